The molecule has 4 atom stereocenters. The van der Waals surface area contributed by atoms with E-state index in [4.69, 9.17) is 0 Å². The van der Waals surface area contributed by atoms with Gasteiger partial charge in [-0.1, -0.05) is 43.9 Å². The molecule has 0 aromatic carbocycles. The van der Waals surface area contributed by atoms with E-state index in [0.29, 0.717) is 24.7 Å². The first-order valence-electron chi connectivity index (χ1n) is 11.2. The Hall–Kier alpha value is -1.42. The van der Waals surface area contributed by atoms with Crippen molar-refractivity contribution in [1.82, 2.24) is 4.90 Å². The number of carbonyl (C=O) groups is 2. The van der Waals surface area contributed by atoms with Gasteiger partial charge in [0.2, 0.25) is 5.91 Å². The number of ketones is 1. The zero-order valence-corrected chi connectivity index (χ0v) is 18.0. The van der Waals surface area contributed by atoms with Crippen LogP contribution >= 0.6 is 0 Å². The van der Waals surface area contributed by atoms with Crippen molar-refractivity contribution in [2.45, 2.75) is 83.7 Å². The van der Waals surface area contributed by atoms with Gasteiger partial charge in [-0.3, -0.25) is 9.59 Å². The second kappa shape index (κ2) is 11.5. The Morgan fingerprint density at radius 2 is 1.89 bits per heavy atom. The van der Waals surface area contributed by atoms with Crippen LogP contribution in [-0.2, 0) is 9.59 Å². The lowest BCUT2D eigenvalue weighted by molar-refractivity contribution is -0.128. The van der Waals surface area contributed by atoms with E-state index in [-0.39, 0.29) is 23.7 Å². The van der Waals surface area contributed by atoms with E-state index in [2.05, 4.69) is 13.0 Å². The molecule has 0 aliphatic heterocycles. The van der Waals surface area contributed by atoms with Crippen LogP contribution in [0.3, 0.4) is 0 Å². The molecule has 0 unspecified atom stereocenters. The Bertz CT molecular complexity index is 578. The second-order valence-electron chi connectivity index (χ2n) is 8.87. The fraction of sp³-hybridized carbons (Fsp3) is 0.750. The number of fused-ring (bicyclic) bond motifs is 1. The number of rotatable bonds is 12. The Balaban J connectivity index is 1.74. The molecule has 2 aliphatic rings. The molecule has 2 aliphatic carbocycles. The summed E-state index contributed by atoms with van der Waals surface area (Å²) in [6.45, 7) is 2.17. The number of hydrogen-bond donors (Lipinski definition) is 1. The SMILES string of the molecule is CCCCCCC(=O)C=C[C@@H]1[C@H]2CC(CCCCC(=O)N(C)C)=C[C@H]2C[C@H]1O. The third-order valence-electron chi connectivity index (χ3n) is 6.37. The Kier molecular flexibility index (Phi) is 9.43. The number of carbonyl (C=O) groups excluding carboxylic acids is 2. The highest BCUT2D eigenvalue weighted by Crippen LogP contribution is 2.48. The van der Waals surface area contributed by atoms with Gasteiger partial charge in [0.1, 0.15) is 0 Å². The van der Waals surface area contributed by atoms with Gasteiger partial charge >= 0.3 is 0 Å². The van der Waals surface area contributed by atoms with Crippen LogP contribution in [0, 0.1) is 17.8 Å². The lowest BCUT2D eigenvalue weighted by atomic mass is 9.88. The normalized spacial score (nSPS) is 26.5. The van der Waals surface area contributed by atoms with Crippen molar-refractivity contribution in [3.8, 4) is 0 Å². The van der Waals surface area contributed by atoms with E-state index in [1.54, 1.807) is 25.1 Å². The van der Waals surface area contributed by atoms with Gasteiger partial charge in [0, 0.05) is 32.9 Å². The lowest BCUT2D eigenvalue weighted by Gasteiger charge is -2.18. The molecule has 158 valence electrons. The summed E-state index contributed by atoms with van der Waals surface area (Å²) in [7, 11) is 3.61. The number of aliphatic hydroxyl groups is 1. The summed E-state index contributed by atoms with van der Waals surface area (Å²) in [6, 6.07) is 0. The molecular formula is C24H39NO3. The minimum atomic E-state index is -0.324. The van der Waals surface area contributed by atoms with Crippen molar-refractivity contribution in [2.24, 2.45) is 17.8 Å². The van der Waals surface area contributed by atoms with Gasteiger partial charge in [0.05, 0.1) is 6.10 Å². The van der Waals surface area contributed by atoms with Crippen LogP contribution < -0.4 is 0 Å². The zero-order valence-electron chi connectivity index (χ0n) is 18.0. The summed E-state index contributed by atoms with van der Waals surface area (Å²) >= 11 is 0. The molecule has 0 radical (unpaired) electrons. The summed E-state index contributed by atoms with van der Waals surface area (Å²) in [6.07, 6.45) is 16.4. The number of nitrogens with zero attached hydrogens (tertiary/aromatic N) is 1. The van der Waals surface area contributed by atoms with Crippen LogP contribution in [-0.4, -0.2) is 41.9 Å². The van der Waals surface area contributed by atoms with Crippen LogP contribution in [0.1, 0.15) is 77.6 Å². The van der Waals surface area contributed by atoms with E-state index in [0.717, 1.165) is 44.9 Å². The minimum Gasteiger partial charge on any atom is -0.392 e. The van der Waals surface area contributed by atoms with Crippen LogP contribution in [0.2, 0.25) is 0 Å². The van der Waals surface area contributed by atoms with E-state index in [1.165, 1.54) is 18.4 Å². The van der Waals surface area contributed by atoms with E-state index in [9.17, 15) is 14.7 Å². The molecule has 4 nitrogen and oxygen atoms in total. The maximum absolute atomic E-state index is 12.1. The lowest BCUT2D eigenvalue weighted by Crippen LogP contribution is -2.21. The van der Waals surface area contributed by atoms with Crippen molar-refractivity contribution >= 4 is 11.7 Å². The average Bonchev–Trinajstić information content (AvgIpc) is 3.16. The minimum absolute atomic E-state index is 0.105. The molecule has 0 aromatic rings. The highest BCUT2D eigenvalue weighted by Gasteiger charge is 2.43. The number of allylic oxidation sites excluding steroid dienone is 3. The van der Waals surface area contributed by atoms with Gasteiger partial charge in [-0.25, -0.2) is 0 Å². The van der Waals surface area contributed by atoms with E-state index < -0.39 is 0 Å². The highest BCUT2D eigenvalue weighted by molar-refractivity contribution is 5.89. The molecule has 1 N–H and O–H groups in total. The first kappa shape index (κ1) is 22.9. The third kappa shape index (κ3) is 6.88. The molecule has 1 saturated carbocycles. The van der Waals surface area contributed by atoms with Crippen molar-refractivity contribution in [3.05, 3.63) is 23.8 Å². The van der Waals surface area contributed by atoms with Crippen LogP contribution in [0.25, 0.3) is 0 Å². The van der Waals surface area contributed by atoms with Crippen LogP contribution in [0.4, 0.5) is 0 Å². The largest absolute Gasteiger partial charge is 0.392 e. The van der Waals surface area contributed by atoms with Crippen molar-refractivity contribution in [2.75, 3.05) is 14.1 Å². The summed E-state index contributed by atoms with van der Waals surface area (Å²) in [5.41, 5.74) is 1.48. The Labute approximate surface area is 171 Å². The van der Waals surface area contributed by atoms with Gasteiger partial charge in [-0.2, -0.15) is 0 Å². The van der Waals surface area contributed by atoms with Crippen LogP contribution in [0.5, 0.6) is 0 Å². The molecule has 4 heteroatoms. The maximum atomic E-state index is 12.1. The maximum Gasteiger partial charge on any atom is 0.222 e. The molecule has 0 bridgehead atoms. The molecule has 28 heavy (non-hydrogen) atoms. The van der Waals surface area contributed by atoms with Gasteiger partial charge in [-0.15, -0.1) is 0 Å². The van der Waals surface area contributed by atoms with Gasteiger partial charge in [-0.05, 0) is 56.4 Å². The standard InChI is InChI=1S/C24H39NO3/c1-4-5-6-7-11-20(26)13-14-21-22-16-18(15-19(22)17-23(21)27)10-8-9-12-24(28)25(2)3/h13-15,19,21-23,27H,4-12,16-17H2,1-3H3/t19-,21+,22-,23+/m0/s1. The fourth-order valence-electron chi connectivity index (χ4n) is 4.67. The average molecular weight is 390 g/mol. The number of aliphatic hydroxyl groups excluding tert-OH is 1. The smallest absolute Gasteiger partial charge is 0.222 e. The van der Waals surface area contributed by atoms with Crippen molar-refractivity contribution in [3.63, 3.8) is 0 Å². The molecule has 2 rings (SSSR count). The third-order valence-corrected chi connectivity index (χ3v) is 6.37. The van der Waals surface area contributed by atoms with Crippen molar-refractivity contribution in [1.29, 1.82) is 0 Å². The van der Waals surface area contributed by atoms with Gasteiger partial charge in [0.15, 0.2) is 5.78 Å². The highest BCUT2D eigenvalue weighted by atomic mass is 16.3. The zero-order chi connectivity index (χ0) is 20.5. The van der Waals surface area contributed by atoms with E-state index >= 15 is 0 Å². The summed E-state index contributed by atoms with van der Waals surface area (Å²) in [5.74, 6) is 1.39. The number of amides is 1. The topological polar surface area (TPSA) is 57.6 Å². The van der Waals surface area contributed by atoms with Crippen molar-refractivity contribution < 1.29 is 14.7 Å². The Morgan fingerprint density at radius 1 is 1.14 bits per heavy atom. The quantitative estimate of drug-likeness (QED) is 0.300. The summed E-state index contributed by atoms with van der Waals surface area (Å²) in [5, 5.41) is 10.4. The predicted molar refractivity (Wildman–Crippen MR) is 114 cm³/mol. The molecule has 0 aromatic heterocycles. The van der Waals surface area contributed by atoms with Gasteiger partial charge < -0.3 is 10.0 Å². The number of hydrogen-bond acceptors (Lipinski definition) is 3. The summed E-state index contributed by atoms with van der Waals surface area (Å²) in [4.78, 5) is 25.4. The molecule has 0 heterocycles. The second-order valence-corrected chi connectivity index (χ2v) is 8.87. The Morgan fingerprint density at radius 3 is 2.61 bits per heavy atom. The fourth-order valence-corrected chi connectivity index (χ4v) is 4.67. The molecule has 1 fully saturated rings. The summed E-state index contributed by atoms with van der Waals surface area (Å²) < 4.78 is 0. The van der Waals surface area contributed by atoms with E-state index in [1.807, 2.05) is 6.08 Å². The molecule has 0 saturated heterocycles. The molecule has 1 amide bonds. The van der Waals surface area contributed by atoms with Crippen LogP contribution in [0.15, 0.2) is 23.8 Å². The number of unbranched alkanes of at least 4 members (excludes halogenated alkanes) is 4. The first-order chi connectivity index (χ1) is 13.4. The molecular weight excluding hydrogens is 350 g/mol. The predicted octanol–water partition coefficient (Wildman–Crippen LogP) is 4.67. The molecule has 0 spiro atoms. The first-order valence-corrected chi connectivity index (χ1v) is 11.2. The monoisotopic (exact) mass is 389 g/mol. The van der Waals surface area contributed by atoms with Gasteiger partial charge in [0.25, 0.3) is 0 Å².